The molecule has 24 heavy (non-hydrogen) atoms. The summed E-state index contributed by atoms with van der Waals surface area (Å²) in [4.78, 5) is 20.6. The smallest absolute Gasteiger partial charge is 0.233 e. The van der Waals surface area contributed by atoms with Crippen molar-refractivity contribution in [1.82, 2.24) is 25.0 Å². The maximum atomic E-state index is 12.3. The number of aromatic nitrogens is 3. The molecule has 1 aromatic heterocycles. The van der Waals surface area contributed by atoms with Crippen LogP contribution in [0, 0.1) is 0 Å². The van der Waals surface area contributed by atoms with E-state index in [1.54, 1.807) is 0 Å². The van der Waals surface area contributed by atoms with E-state index in [0.717, 1.165) is 26.2 Å². The molecular formula is C16H22N6OS. The largest absolute Gasteiger partial charge is 0.368 e. The third-order valence-electron chi connectivity index (χ3n) is 4.30. The molecule has 0 saturated carbocycles. The number of hydrogen-bond donors (Lipinski definition) is 2. The zero-order chi connectivity index (χ0) is 16.9. The second kappa shape index (κ2) is 7.67. The van der Waals surface area contributed by atoms with Gasteiger partial charge in [0.2, 0.25) is 17.0 Å². The van der Waals surface area contributed by atoms with Crippen molar-refractivity contribution in [3.63, 3.8) is 0 Å². The Morgan fingerprint density at radius 2 is 2.00 bits per heavy atom. The van der Waals surface area contributed by atoms with Crippen LogP contribution < -0.4 is 5.73 Å². The van der Waals surface area contributed by atoms with Gasteiger partial charge in [-0.25, -0.2) is 5.10 Å². The summed E-state index contributed by atoms with van der Waals surface area (Å²) in [5, 5.41) is 7.01. The normalized spacial score (nSPS) is 17.0. The molecule has 1 aliphatic heterocycles. The average molecular weight is 346 g/mol. The topological polar surface area (TPSA) is 91.1 Å². The molecule has 0 unspecified atom stereocenters. The number of carbonyl (C=O) groups excluding carboxylic acids is 1. The van der Waals surface area contributed by atoms with Crippen molar-refractivity contribution >= 4 is 23.6 Å². The van der Waals surface area contributed by atoms with Crippen molar-refractivity contribution < 1.29 is 4.79 Å². The van der Waals surface area contributed by atoms with E-state index in [2.05, 4.69) is 51.3 Å². The van der Waals surface area contributed by atoms with Gasteiger partial charge in [-0.3, -0.25) is 9.69 Å². The summed E-state index contributed by atoms with van der Waals surface area (Å²) in [5.41, 5.74) is 6.79. The van der Waals surface area contributed by atoms with Crippen molar-refractivity contribution in [1.29, 1.82) is 0 Å². The molecule has 2 aromatic rings. The number of anilines is 1. The maximum absolute atomic E-state index is 12.3. The Balaban J connectivity index is 1.47. The van der Waals surface area contributed by atoms with Crippen molar-refractivity contribution in [2.24, 2.45) is 0 Å². The second-order valence-corrected chi connectivity index (χ2v) is 6.74. The number of nitrogens with zero attached hydrogens (tertiary/aromatic N) is 4. The van der Waals surface area contributed by atoms with Gasteiger partial charge in [-0.05, 0) is 12.5 Å². The van der Waals surface area contributed by atoms with Crippen LogP contribution >= 0.6 is 11.8 Å². The van der Waals surface area contributed by atoms with E-state index in [4.69, 9.17) is 5.73 Å². The van der Waals surface area contributed by atoms with Crippen molar-refractivity contribution in [3.05, 3.63) is 35.9 Å². The van der Waals surface area contributed by atoms with E-state index in [1.165, 1.54) is 17.3 Å². The number of H-pyrrole nitrogens is 1. The van der Waals surface area contributed by atoms with E-state index >= 15 is 0 Å². The molecule has 1 saturated heterocycles. The molecular weight excluding hydrogens is 324 g/mol. The third kappa shape index (κ3) is 4.07. The second-order valence-electron chi connectivity index (χ2n) is 5.80. The summed E-state index contributed by atoms with van der Waals surface area (Å²) >= 11 is 1.31. The van der Waals surface area contributed by atoms with Crippen LogP contribution in [0.1, 0.15) is 18.5 Å². The highest BCUT2D eigenvalue weighted by Gasteiger charge is 2.24. The highest BCUT2D eigenvalue weighted by molar-refractivity contribution is 7.99. The SMILES string of the molecule is C[C@@H](c1ccccc1)N1CCN(C(=O)CSc2n[nH]c(N)n2)CC1. The molecule has 0 spiro atoms. The first kappa shape index (κ1) is 16.8. The van der Waals surface area contributed by atoms with Crippen LogP contribution in [0.25, 0.3) is 0 Å². The minimum atomic E-state index is 0.121. The fraction of sp³-hybridized carbons (Fsp3) is 0.438. The van der Waals surface area contributed by atoms with Gasteiger partial charge >= 0.3 is 0 Å². The monoisotopic (exact) mass is 346 g/mol. The number of rotatable bonds is 5. The van der Waals surface area contributed by atoms with Gasteiger partial charge < -0.3 is 10.6 Å². The highest BCUT2D eigenvalue weighted by Crippen LogP contribution is 2.22. The minimum absolute atomic E-state index is 0.121. The van der Waals surface area contributed by atoms with Gasteiger partial charge in [0.25, 0.3) is 0 Å². The number of piperazine rings is 1. The number of amides is 1. The Kier molecular flexibility index (Phi) is 5.37. The summed E-state index contributed by atoms with van der Waals surface area (Å²) in [6.07, 6.45) is 0. The van der Waals surface area contributed by atoms with Crippen LogP contribution in [0.2, 0.25) is 0 Å². The zero-order valence-corrected chi connectivity index (χ0v) is 14.5. The quantitative estimate of drug-likeness (QED) is 0.795. The highest BCUT2D eigenvalue weighted by atomic mass is 32.2. The Morgan fingerprint density at radius 1 is 1.29 bits per heavy atom. The molecule has 0 bridgehead atoms. The van der Waals surface area contributed by atoms with Gasteiger partial charge in [0.15, 0.2) is 0 Å². The Bertz CT molecular complexity index is 668. The Labute approximate surface area is 145 Å². The summed E-state index contributed by atoms with van der Waals surface area (Å²) in [6, 6.07) is 10.8. The van der Waals surface area contributed by atoms with Crippen LogP contribution in [0.15, 0.2) is 35.5 Å². The summed E-state index contributed by atoms with van der Waals surface area (Å²) in [7, 11) is 0. The molecule has 128 valence electrons. The lowest BCUT2D eigenvalue weighted by Crippen LogP contribution is -2.49. The van der Waals surface area contributed by atoms with Gasteiger partial charge in [0.1, 0.15) is 0 Å². The number of nitrogens with one attached hydrogen (secondary N) is 1. The summed E-state index contributed by atoms with van der Waals surface area (Å²) in [5.74, 6) is 0.731. The lowest BCUT2D eigenvalue weighted by atomic mass is 10.1. The van der Waals surface area contributed by atoms with Gasteiger partial charge in [-0.1, -0.05) is 42.1 Å². The number of hydrogen-bond acceptors (Lipinski definition) is 6. The van der Waals surface area contributed by atoms with Crippen LogP contribution in [-0.2, 0) is 4.79 Å². The third-order valence-corrected chi connectivity index (χ3v) is 5.14. The van der Waals surface area contributed by atoms with E-state index in [-0.39, 0.29) is 11.9 Å². The van der Waals surface area contributed by atoms with E-state index in [1.807, 2.05) is 11.0 Å². The fourth-order valence-corrected chi connectivity index (χ4v) is 3.55. The number of nitrogen functional groups attached to an aromatic ring is 1. The molecule has 8 heteroatoms. The average Bonchev–Trinajstić information content (AvgIpc) is 3.05. The lowest BCUT2D eigenvalue weighted by molar-refractivity contribution is -0.130. The first-order valence-corrected chi connectivity index (χ1v) is 8.99. The number of thioether (sulfide) groups is 1. The van der Waals surface area contributed by atoms with Crippen LogP contribution in [-0.4, -0.2) is 62.8 Å². The summed E-state index contributed by atoms with van der Waals surface area (Å²) in [6.45, 7) is 5.51. The van der Waals surface area contributed by atoms with Gasteiger partial charge in [-0.2, -0.15) is 4.98 Å². The molecule has 1 amide bonds. The first-order valence-electron chi connectivity index (χ1n) is 8.01. The van der Waals surface area contributed by atoms with Gasteiger partial charge in [0.05, 0.1) is 5.75 Å². The van der Waals surface area contributed by atoms with Gasteiger partial charge in [0, 0.05) is 32.2 Å². The van der Waals surface area contributed by atoms with E-state index in [9.17, 15) is 4.79 Å². The van der Waals surface area contributed by atoms with Crippen molar-refractivity contribution in [3.8, 4) is 0 Å². The van der Waals surface area contributed by atoms with Crippen LogP contribution in [0.4, 0.5) is 5.95 Å². The maximum Gasteiger partial charge on any atom is 0.233 e. The predicted molar refractivity (Wildman–Crippen MR) is 94.5 cm³/mol. The molecule has 3 N–H and O–H groups in total. The standard InChI is InChI=1S/C16H22N6OS/c1-12(13-5-3-2-4-6-13)21-7-9-22(10-8-21)14(23)11-24-16-18-15(17)19-20-16/h2-6,12H,7-11H2,1H3,(H3,17,18,19,20)/t12-/m0/s1. The molecule has 7 nitrogen and oxygen atoms in total. The number of carbonyl (C=O) groups is 1. The molecule has 1 aromatic carbocycles. The molecule has 1 fully saturated rings. The molecule has 3 rings (SSSR count). The molecule has 2 heterocycles. The molecule has 1 aliphatic rings. The van der Waals surface area contributed by atoms with E-state index < -0.39 is 0 Å². The number of nitrogens with two attached hydrogens (primary N) is 1. The zero-order valence-electron chi connectivity index (χ0n) is 13.7. The summed E-state index contributed by atoms with van der Waals surface area (Å²) < 4.78 is 0. The number of aromatic amines is 1. The van der Waals surface area contributed by atoms with Crippen LogP contribution in [0.5, 0.6) is 0 Å². The number of benzene rings is 1. The lowest BCUT2D eigenvalue weighted by Gasteiger charge is -2.38. The van der Waals surface area contributed by atoms with Crippen molar-refractivity contribution in [2.45, 2.75) is 18.1 Å². The van der Waals surface area contributed by atoms with Crippen LogP contribution in [0.3, 0.4) is 0 Å². The van der Waals surface area contributed by atoms with Crippen molar-refractivity contribution in [2.75, 3.05) is 37.7 Å². The Morgan fingerprint density at radius 3 is 2.62 bits per heavy atom. The predicted octanol–water partition coefficient (Wildman–Crippen LogP) is 1.38. The fourth-order valence-electron chi connectivity index (χ4n) is 2.84. The molecule has 0 aliphatic carbocycles. The first-order chi connectivity index (χ1) is 11.6. The van der Waals surface area contributed by atoms with E-state index in [0.29, 0.717) is 17.0 Å². The van der Waals surface area contributed by atoms with Gasteiger partial charge in [-0.15, -0.1) is 5.10 Å². The Hall–Kier alpha value is -2.06. The molecule has 1 atom stereocenters. The minimum Gasteiger partial charge on any atom is -0.368 e. The molecule has 0 radical (unpaired) electrons.